The number of aromatic nitrogens is 2. The van der Waals surface area contributed by atoms with Gasteiger partial charge in [0.2, 0.25) is 0 Å². The molecule has 0 radical (unpaired) electrons. The Hall–Kier alpha value is -3.74. The van der Waals surface area contributed by atoms with Crippen LogP contribution in [0.15, 0.2) is 66.7 Å². The molecule has 3 aromatic rings. The lowest BCUT2D eigenvalue weighted by molar-refractivity contribution is 0.0658. The second kappa shape index (κ2) is 8.73. The molecule has 0 unspecified atom stereocenters. The smallest absolute Gasteiger partial charge is 0.272 e. The molecule has 30 heavy (non-hydrogen) atoms. The van der Waals surface area contributed by atoms with E-state index in [4.69, 9.17) is 0 Å². The summed E-state index contributed by atoms with van der Waals surface area (Å²) in [5, 5.41) is 7.11. The summed E-state index contributed by atoms with van der Waals surface area (Å²) in [6.07, 6.45) is 0.717. The van der Waals surface area contributed by atoms with E-state index in [-0.39, 0.29) is 29.8 Å². The highest BCUT2D eigenvalue weighted by molar-refractivity contribution is 6.03. The van der Waals surface area contributed by atoms with Gasteiger partial charge in [0.15, 0.2) is 11.5 Å². The Morgan fingerprint density at radius 2 is 1.67 bits per heavy atom. The number of nitrogens with zero attached hydrogens (tertiary/aromatic N) is 3. The third-order valence-electron chi connectivity index (χ3n) is 5.07. The standard InChI is InChI=1S/C23H22N4O3/c28-21(18-9-5-2-6-10-18)16-26-13-14-27-20(23(26)30)15-19(25-27)22(29)24-12-11-17-7-3-1-4-8-17/h1-10,15H,11-14,16H2,(H,24,29). The zero-order valence-corrected chi connectivity index (χ0v) is 16.5. The summed E-state index contributed by atoms with van der Waals surface area (Å²) >= 11 is 0. The number of rotatable bonds is 7. The lowest BCUT2D eigenvalue weighted by atomic mass is 10.1. The molecule has 1 aromatic heterocycles. The van der Waals surface area contributed by atoms with Crippen LogP contribution >= 0.6 is 0 Å². The van der Waals surface area contributed by atoms with Crippen LogP contribution < -0.4 is 5.32 Å². The number of ketones is 1. The van der Waals surface area contributed by atoms with Crippen LogP contribution in [-0.2, 0) is 13.0 Å². The van der Waals surface area contributed by atoms with Crippen LogP contribution in [-0.4, -0.2) is 51.9 Å². The van der Waals surface area contributed by atoms with Gasteiger partial charge >= 0.3 is 0 Å². The van der Waals surface area contributed by atoms with E-state index in [9.17, 15) is 14.4 Å². The SMILES string of the molecule is O=C(CN1CCn2nc(C(=O)NCCc3ccccc3)cc2C1=O)c1ccccc1. The summed E-state index contributed by atoms with van der Waals surface area (Å²) in [6.45, 7) is 1.31. The van der Waals surface area contributed by atoms with Crippen LogP contribution in [0, 0.1) is 0 Å². The lowest BCUT2D eigenvalue weighted by Crippen LogP contribution is -2.43. The number of benzene rings is 2. The van der Waals surface area contributed by atoms with Crippen molar-refractivity contribution in [2.45, 2.75) is 13.0 Å². The highest BCUT2D eigenvalue weighted by Crippen LogP contribution is 2.15. The molecule has 7 heteroatoms. The fourth-order valence-corrected chi connectivity index (χ4v) is 3.44. The molecule has 2 amide bonds. The molecule has 0 fully saturated rings. The first-order valence-electron chi connectivity index (χ1n) is 9.89. The van der Waals surface area contributed by atoms with E-state index in [1.54, 1.807) is 24.3 Å². The Balaban J connectivity index is 1.37. The predicted octanol–water partition coefficient (Wildman–Crippen LogP) is 2.19. The number of hydrogen-bond donors (Lipinski definition) is 1. The maximum Gasteiger partial charge on any atom is 0.272 e. The molecule has 4 rings (SSSR count). The van der Waals surface area contributed by atoms with Crippen LogP contribution in [0.25, 0.3) is 0 Å². The van der Waals surface area contributed by atoms with Gasteiger partial charge < -0.3 is 10.2 Å². The van der Waals surface area contributed by atoms with Crippen molar-refractivity contribution in [1.29, 1.82) is 0 Å². The second-order valence-electron chi connectivity index (χ2n) is 7.15. The van der Waals surface area contributed by atoms with Gasteiger partial charge in [0, 0.05) is 24.7 Å². The van der Waals surface area contributed by atoms with E-state index in [0.717, 1.165) is 5.56 Å². The molecule has 152 valence electrons. The van der Waals surface area contributed by atoms with Crippen LogP contribution in [0.1, 0.15) is 36.9 Å². The van der Waals surface area contributed by atoms with E-state index >= 15 is 0 Å². The molecule has 0 bridgehead atoms. The monoisotopic (exact) mass is 402 g/mol. The normalized spacial score (nSPS) is 13.1. The van der Waals surface area contributed by atoms with Crippen molar-refractivity contribution in [3.63, 3.8) is 0 Å². The molecule has 1 aliphatic rings. The van der Waals surface area contributed by atoms with Gasteiger partial charge in [-0.15, -0.1) is 0 Å². The number of fused-ring (bicyclic) bond motifs is 1. The van der Waals surface area contributed by atoms with Crippen LogP contribution in [0.2, 0.25) is 0 Å². The second-order valence-corrected chi connectivity index (χ2v) is 7.15. The van der Waals surface area contributed by atoms with Crippen LogP contribution in [0.5, 0.6) is 0 Å². The largest absolute Gasteiger partial charge is 0.350 e. The predicted molar refractivity (Wildman–Crippen MR) is 111 cm³/mol. The number of hydrogen-bond acceptors (Lipinski definition) is 4. The van der Waals surface area contributed by atoms with Crippen molar-refractivity contribution in [2.75, 3.05) is 19.6 Å². The molecule has 7 nitrogen and oxygen atoms in total. The highest BCUT2D eigenvalue weighted by Gasteiger charge is 2.29. The third kappa shape index (κ3) is 4.30. The Morgan fingerprint density at radius 1 is 0.967 bits per heavy atom. The Kier molecular flexibility index (Phi) is 5.70. The first kappa shape index (κ1) is 19.6. The van der Waals surface area contributed by atoms with Gasteiger partial charge in [-0.1, -0.05) is 60.7 Å². The first-order chi connectivity index (χ1) is 14.6. The van der Waals surface area contributed by atoms with Gasteiger partial charge in [-0.3, -0.25) is 19.1 Å². The van der Waals surface area contributed by atoms with E-state index in [2.05, 4.69) is 10.4 Å². The van der Waals surface area contributed by atoms with Gasteiger partial charge in [-0.25, -0.2) is 0 Å². The van der Waals surface area contributed by atoms with Gasteiger partial charge in [0.1, 0.15) is 5.69 Å². The Bertz CT molecular complexity index is 1060. The minimum Gasteiger partial charge on any atom is -0.350 e. The number of nitrogens with one attached hydrogen (secondary N) is 1. The average Bonchev–Trinajstić information content (AvgIpc) is 3.22. The molecule has 0 saturated carbocycles. The Morgan fingerprint density at radius 3 is 2.40 bits per heavy atom. The fraction of sp³-hybridized carbons (Fsp3) is 0.217. The number of Topliss-reactive ketones (excluding diaryl/α,β-unsaturated/α-hetero) is 1. The molecule has 2 aromatic carbocycles. The van der Waals surface area contributed by atoms with Gasteiger partial charge in [0.25, 0.3) is 11.8 Å². The molecular formula is C23H22N4O3. The summed E-state index contributed by atoms with van der Waals surface area (Å²) in [6, 6.07) is 20.3. The minimum absolute atomic E-state index is 0.00658. The average molecular weight is 402 g/mol. The molecule has 1 aliphatic heterocycles. The summed E-state index contributed by atoms with van der Waals surface area (Å²) < 4.78 is 1.54. The van der Waals surface area contributed by atoms with Crippen molar-refractivity contribution in [2.24, 2.45) is 0 Å². The van der Waals surface area contributed by atoms with Gasteiger partial charge in [0.05, 0.1) is 13.1 Å². The number of amides is 2. The van der Waals surface area contributed by atoms with Gasteiger partial charge in [-0.2, -0.15) is 5.10 Å². The van der Waals surface area contributed by atoms with Crippen molar-refractivity contribution in [3.8, 4) is 0 Å². The fourth-order valence-electron chi connectivity index (χ4n) is 3.44. The lowest BCUT2D eigenvalue weighted by Gasteiger charge is -2.26. The summed E-state index contributed by atoms with van der Waals surface area (Å²) in [5.41, 5.74) is 2.25. The summed E-state index contributed by atoms with van der Waals surface area (Å²) in [4.78, 5) is 39.2. The van der Waals surface area contributed by atoms with Gasteiger partial charge in [-0.05, 0) is 12.0 Å². The first-order valence-corrected chi connectivity index (χ1v) is 9.89. The summed E-state index contributed by atoms with van der Waals surface area (Å²) in [7, 11) is 0. The molecule has 0 atom stereocenters. The topological polar surface area (TPSA) is 84.3 Å². The Labute approximate surface area is 174 Å². The van der Waals surface area contributed by atoms with E-state index in [1.807, 2.05) is 36.4 Å². The van der Waals surface area contributed by atoms with Crippen molar-refractivity contribution >= 4 is 17.6 Å². The summed E-state index contributed by atoms with van der Waals surface area (Å²) in [5.74, 6) is -0.718. The molecule has 0 aliphatic carbocycles. The number of carbonyl (C=O) groups excluding carboxylic acids is 3. The number of carbonyl (C=O) groups is 3. The molecular weight excluding hydrogens is 380 g/mol. The maximum absolute atomic E-state index is 12.8. The highest BCUT2D eigenvalue weighted by atomic mass is 16.2. The van der Waals surface area contributed by atoms with Crippen molar-refractivity contribution < 1.29 is 14.4 Å². The van der Waals surface area contributed by atoms with Crippen molar-refractivity contribution in [3.05, 3.63) is 89.2 Å². The molecule has 1 N–H and O–H groups in total. The van der Waals surface area contributed by atoms with Crippen LogP contribution in [0.3, 0.4) is 0 Å². The zero-order chi connectivity index (χ0) is 20.9. The molecule has 0 saturated heterocycles. The third-order valence-corrected chi connectivity index (χ3v) is 5.07. The van der Waals surface area contributed by atoms with E-state index < -0.39 is 0 Å². The van der Waals surface area contributed by atoms with Crippen LogP contribution in [0.4, 0.5) is 0 Å². The zero-order valence-electron chi connectivity index (χ0n) is 16.5. The molecule has 2 heterocycles. The van der Waals surface area contributed by atoms with E-state index in [1.165, 1.54) is 15.6 Å². The molecule has 0 spiro atoms. The van der Waals surface area contributed by atoms with Crippen molar-refractivity contribution in [1.82, 2.24) is 20.0 Å². The maximum atomic E-state index is 12.8. The minimum atomic E-state index is -0.312. The van der Waals surface area contributed by atoms with E-state index in [0.29, 0.717) is 37.3 Å². The quantitative estimate of drug-likeness (QED) is 0.614.